The van der Waals surface area contributed by atoms with Gasteiger partial charge in [-0.3, -0.25) is 4.79 Å². The third-order valence-electron chi connectivity index (χ3n) is 4.39. The number of carbonyl (C=O) groups is 1. The second-order valence-electron chi connectivity index (χ2n) is 6.76. The summed E-state index contributed by atoms with van der Waals surface area (Å²) >= 11 is 5.95. The van der Waals surface area contributed by atoms with Crippen LogP contribution in [-0.2, 0) is 11.3 Å². The Labute approximate surface area is 173 Å². The number of ether oxygens (including phenoxy) is 1. The van der Waals surface area contributed by atoms with Crippen molar-refractivity contribution in [3.05, 3.63) is 46.4 Å². The van der Waals surface area contributed by atoms with E-state index in [0.29, 0.717) is 41.6 Å². The van der Waals surface area contributed by atoms with E-state index in [0.717, 1.165) is 11.3 Å². The Morgan fingerprint density at radius 3 is 2.83 bits per heavy atom. The van der Waals surface area contributed by atoms with Crippen LogP contribution in [0.1, 0.15) is 28.7 Å². The number of nitrogens with zero attached hydrogens (tertiary/aromatic N) is 3. The molecule has 1 amide bonds. The summed E-state index contributed by atoms with van der Waals surface area (Å²) in [5.41, 5.74) is 15.9. The fourth-order valence-electron chi connectivity index (χ4n) is 3.00. The van der Waals surface area contributed by atoms with Crippen molar-refractivity contribution < 1.29 is 9.53 Å². The number of benzene rings is 1. The number of carbonyl (C=O) groups excluding carboxylic acids is 1. The highest BCUT2D eigenvalue weighted by Gasteiger charge is 2.19. The number of anilines is 3. The molecule has 1 aromatic carbocycles. The zero-order valence-electron chi connectivity index (χ0n) is 16.5. The van der Waals surface area contributed by atoms with Gasteiger partial charge in [0.1, 0.15) is 5.15 Å². The SMILES string of the molecule is CNc1cc(COCC(C)NC(=O)c2c(C)nc3ccc(Cl)nn23)cc(N)c1N. The van der Waals surface area contributed by atoms with Gasteiger partial charge in [-0.05, 0) is 43.7 Å². The Hall–Kier alpha value is -3.04. The molecule has 1 unspecified atom stereocenters. The van der Waals surface area contributed by atoms with Crippen molar-refractivity contribution in [1.29, 1.82) is 0 Å². The van der Waals surface area contributed by atoms with Crippen LogP contribution in [0.25, 0.3) is 5.65 Å². The van der Waals surface area contributed by atoms with Crippen LogP contribution in [0.5, 0.6) is 0 Å². The van der Waals surface area contributed by atoms with E-state index in [1.165, 1.54) is 4.52 Å². The zero-order valence-corrected chi connectivity index (χ0v) is 17.2. The average Bonchev–Trinajstić information content (AvgIpc) is 2.99. The minimum atomic E-state index is -0.296. The van der Waals surface area contributed by atoms with Crippen LogP contribution in [-0.4, -0.2) is 40.2 Å². The summed E-state index contributed by atoms with van der Waals surface area (Å²) in [7, 11) is 1.78. The number of nitrogen functional groups attached to an aromatic ring is 2. The molecule has 0 spiro atoms. The standard InChI is InChI=1S/C19H24ClN7O2/c1-10(8-29-9-12-6-13(21)17(22)14(7-12)23-3)24-19(28)18-11(2)25-16-5-4-15(20)26-27(16)18/h4-7,10,23H,8-9,21-22H2,1-3H3,(H,24,28). The van der Waals surface area contributed by atoms with Crippen LogP contribution in [0.4, 0.5) is 17.1 Å². The van der Waals surface area contributed by atoms with E-state index in [-0.39, 0.29) is 17.1 Å². The van der Waals surface area contributed by atoms with E-state index >= 15 is 0 Å². The molecular weight excluding hydrogens is 394 g/mol. The van der Waals surface area contributed by atoms with Gasteiger partial charge in [-0.2, -0.15) is 5.10 Å². The minimum Gasteiger partial charge on any atom is -0.397 e. The molecule has 10 heteroatoms. The highest BCUT2D eigenvalue weighted by Crippen LogP contribution is 2.27. The molecule has 9 nitrogen and oxygen atoms in total. The predicted octanol–water partition coefficient (Wildman–Crippen LogP) is 2.23. The molecule has 154 valence electrons. The number of nitrogens with two attached hydrogens (primary N) is 2. The largest absolute Gasteiger partial charge is 0.397 e. The third-order valence-corrected chi connectivity index (χ3v) is 4.59. The van der Waals surface area contributed by atoms with Gasteiger partial charge in [-0.15, -0.1) is 0 Å². The van der Waals surface area contributed by atoms with Gasteiger partial charge in [0.2, 0.25) is 0 Å². The number of aryl methyl sites for hydroxylation is 1. The van der Waals surface area contributed by atoms with Crippen LogP contribution in [0.2, 0.25) is 5.15 Å². The molecule has 3 aromatic rings. The summed E-state index contributed by atoms with van der Waals surface area (Å²) in [4.78, 5) is 17.0. The molecule has 3 rings (SSSR count). The molecule has 0 aliphatic carbocycles. The highest BCUT2D eigenvalue weighted by molar-refractivity contribution is 6.29. The zero-order chi connectivity index (χ0) is 21.1. The number of fused-ring (bicyclic) bond motifs is 1. The molecule has 1 atom stereocenters. The van der Waals surface area contributed by atoms with Crippen LogP contribution in [0.15, 0.2) is 24.3 Å². The molecule has 0 radical (unpaired) electrons. The smallest absolute Gasteiger partial charge is 0.272 e. The van der Waals surface area contributed by atoms with E-state index in [1.54, 1.807) is 32.2 Å². The van der Waals surface area contributed by atoms with Crippen LogP contribution in [0, 0.1) is 6.92 Å². The van der Waals surface area contributed by atoms with Crippen molar-refractivity contribution in [1.82, 2.24) is 19.9 Å². The van der Waals surface area contributed by atoms with Crippen molar-refractivity contribution in [2.24, 2.45) is 0 Å². The van der Waals surface area contributed by atoms with E-state index in [1.807, 2.05) is 13.0 Å². The van der Waals surface area contributed by atoms with Crippen LogP contribution < -0.4 is 22.1 Å². The van der Waals surface area contributed by atoms with Crippen molar-refractivity contribution in [3.8, 4) is 0 Å². The monoisotopic (exact) mass is 417 g/mol. The van der Waals surface area contributed by atoms with Crippen molar-refractivity contribution >= 4 is 40.2 Å². The summed E-state index contributed by atoms with van der Waals surface area (Å²) in [5.74, 6) is -0.296. The number of halogens is 1. The summed E-state index contributed by atoms with van der Waals surface area (Å²) in [6, 6.07) is 6.76. The normalized spacial score (nSPS) is 12.1. The lowest BCUT2D eigenvalue weighted by atomic mass is 10.1. The Morgan fingerprint density at radius 1 is 1.34 bits per heavy atom. The van der Waals surface area contributed by atoms with Gasteiger partial charge in [-0.25, -0.2) is 9.50 Å². The minimum absolute atomic E-state index is 0.235. The molecule has 2 aromatic heterocycles. The highest BCUT2D eigenvalue weighted by atomic mass is 35.5. The van der Waals surface area contributed by atoms with Gasteiger partial charge in [-0.1, -0.05) is 11.6 Å². The molecule has 0 fully saturated rings. The Bertz CT molecular complexity index is 1050. The van der Waals surface area contributed by atoms with Gasteiger partial charge in [0.05, 0.1) is 36.0 Å². The maximum atomic E-state index is 12.7. The summed E-state index contributed by atoms with van der Waals surface area (Å²) in [6.07, 6.45) is 0. The number of hydrogen-bond acceptors (Lipinski definition) is 7. The molecule has 0 saturated carbocycles. The number of amides is 1. The molecule has 6 N–H and O–H groups in total. The van der Waals surface area contributed by atoms with Crippen molar-refractivity contribution in [3.63, 3.8) is 0 Å². The Balaban J connectivity index is 1.61. The second-order valence-corrected chi connectivity index (χ2v) is 7.15. The summed E-state index contributed by atoms with van der Waals surface area (Å²) < 4.78 is 7.17. The first kappa shape index (κ1) is 20.7. The molecule has 0 bridgehead atoms. The van der Waals surface area contributed by atoms with E-state index in [2.05, 4.69) is 20.7 Å². The Kier molecular flexibility index (Phi) is 6.09. The molecule has 0 saturated heterocycles. The number of hydrogen-bond donors (Lipinski definition) is 4. The first-order valence-corrected chi connectivity index (χ1v) is 9.44. The van der Waals surface area contributed by atoms with Crippen LogP contribution >= 0.6 is 11.6 Å². The maximum Gasteiger partial charge on any atom is 0.272 e. The molecule has 2 heterocycles. The third kappa shape index (κ3) is 4.52. The van der Waals surface area contributed by atoms with Gasteiger partial charge < -0.3 is 26.8 Å². The summed E-state index contributed by atoms with van der Waals surface area (Å²) in [6.45, 7) is 4.26. The fourth-order valence-corrected chi connectivity index (χ4v) is 3.14. The fraction of sp³-hybridized carbons (Fsp3) is 0.316. The number of aromatic nitrogens is 3. The van der Waals surface area contributed by atoms with E-state index in [4.69, 9.17) is 27.8 Å². The quantitative estimate of drug-likeness (QED) is 0.433. The van der Waals surface area contributed by atoms with E-state index < -0.39 is 0 Å². The van der Waals surface area contributed by atoms with E-state index in [9.17, 15) is 4.79 Å². The molecule has 0 aliphatic rings. The first-order chi connectivity index (χ1) is 13.8. The molecule has 0 aliphatic heterocycles. The number of nitrogens with one attached hydrogen (secondary N) is 2. The van der Waals surface area contributed by atoms with Crippen LogP contribution in [0.3, 0.4) is 0 Å². The predicted molar refractivity (Wildman–Crippen MR) is 114 cm³/mol. The number of imidazole rings is 1. The lowest BCUT2D eigenvalue weighted by Crippen LogP contribution is -2.37. The van der Waals surface area contributed by atoms with Gasteiger partial charge in [0, 0.05) is 13.1 Å². The lowest BCUT2D eigenvalue weighted by Gasteiger charge is -2.15. The van der Waals surface area contributed by atoms with Crippen molar-refractivity contribution in [2.45, 2.75) is 26.5 Å². The average molecular weight is 418 g/mol. The molecule has 29 heavy (non-hydrogen) atoms. The lowest BCUT2D eigenvalue weighted by molar-refractivity contribution is 0.0814. The first-order valence-electron chi connectivity index (χ1n) is 9.06. The Morgan fingerprint density at radius 2 is 2.10 bits per heavy atom. The number of rotatable bonds is 7. The van der Waals surface area contributed by atoms with Gasteiger partial charge in [0.15, 0.2) is 11.3 Å². The topological polar surface area (TPSA) is 133 Å². The second kappa shape index (κ2) is 8.54. The maximum absolute atomic E-state index is 12.7. The van der Waals surface area contributed by atoms with Gasteiger partial charge >= 0.3 is 0 Å². The molecular formula is C19H24ClN7O2. The summed E-state index contributed by atoms with van der Waals surface area (Å²) in [5, 5.41) is 10.3. The van der Waals surface area contributed by atoms with Gasteiger partial charge in [0.25, 0.3) is 5.91 Å². The van der Waals surface area contributed by atoms with Crippen molar-refractivity contribution in [2.75, 3.05) is 30.4 Å².